The molecule has 1 heterocycles. The SMILES string of the molecule is Cc1c(C(=O)n2cc(C(=O)O)c3ccccc32)cccc1[N+](=O)[O-]. The second-order valence-corrected chi connectivity index (χ2v) is 5.25. The number of carbonyl (C=O) groups is 2. The minimum atomic E-state index is -1.14. The van der Waals surface area contributed by atoms with Crippen molar-refractivity contribution >= 4 is 28.5 Å². The van der Waals surface area contributed by atoms with Crippen LogP contribution in [0.15, 0.2) is 48.7 Å². The van der Waals surface area contributed by atoms with Gasteiger partial charge >= 0.3 is 5.97 Å². The van der Waals surface area contributed by atoms with Crippen molar-refractivity contribution in [2.24, 2.45) is 0 Å². The number of benzene rings is 2. The van der Waals surface area contributed by atoms with Gasteiger partial charge in [-0.3, -0.25) is 19.5 Å². The highest BCUT2D eigenvalue weighted by Crippen LogP contribution is 2.26. The van der Waals surface area contributed by atoms with Crippen LogP contribution in [0.25, 0.3) is 10.9 Å². The standard InChI is InChI=1S/C17H12N2O5/c1-10-11(6-4-8-14(10)19(23)24)16(20)18-9-13(17(21)22)12-5-2-3-7-15(12)18/h2-9H,1H3,(H,21,22). The van der Waals surface area contributed by atoms with Gasteiger partial charge in [-0.2, -0.15) is 0 Å². The first-order valence-electron chi connectivity index (χ1n) is 7.04. The molecule has 0 aliphatic carbocycles. The molecular formula is C17H12N2O5. The molecule has 3 rings (SSSR count). The fourth-order valence-corrected chi connectivity index (χ4v) is 2.70. The van der Waals surface area contributed by atoms with Gasteiger partial charge < -0.3 is 5.11 Å². The molecule has 0 radical (unpaired) electrons. The van der Waals surface area contributed by atoms with Crippen LogP contribution >= 0.6 is 0 Å². The van der Waals surface area contributed by atoms with Crippen molar-refractivity contribution < 1.29 is 19.6 Å². The average Bonchev–Trinajstić information content (AvgIpc) is 2.94. The number of aromatic carboxylic acids is 1. The van der Waals surface area contributed by atoms with E-state index in [4.69, 9.17) is 0 Å². The number of carboxylic acids is 1. The van der Waals surface area contributed by atoms with Gasteiger partial charge in [0.2, 0.25) is 0 Å². The van der Waals surface area contributed by atoms with E-state index in [2.05, 4.69) is 0 Å². The summed E-state index contributed by atoms with van der Waals surface area (Å²) in [6, 6.07) is 10.9. The van der Waals surface area contributed by atoms with Gasteiger partial charge in [-0.05, 0) is 19.1 Å². The van der Waals surface area contributed by atoms with Crippen LogP contribution in [-0.2, 0) is 0 Å². The molecule has 0 bridgehead atoms. The summed E-state index contributed by atoms with van der Waals surface area (Å²) in [5.74, 6) is -1.66. The van der Waals surface area contributed by atoms with Gasteiger partial charge in [0.15, 0.2) is 0 Å². The van der Waals surface area contributed by atoms with Crippen LogP contribution in [-0.4, -0.2) is 26.5 Å². The first-order chi connectivity index (χ1) is 11.4. The summed E-state index contributed by atoms with van der Waals surface area (Å²) in [5.41, 5.74) is 0.674. The van der Waals surface area contributed by atoms with Crippen molar-refractivity contribution in [1.29, 1.82) is 0 Å². The number of carbonyl (C=O) groups excluding carboxylic acids is 1. The predicted molar refractivity (Wildman–Crippen MR) is 86.5 cm³/mol. The molecule has 0 aliphatic heterocycles. The molecule has 1 aromatic heterocycles. The average molecular weight is 324 g/mol. The molecule has 7 nitrogen and oxygen atoms in total. The fourth-order valence-electron chi connectivity index (χ4n) is 2.70. The number of aromatic nitrogens is 1. The Morgan fingerprint density at radius 1 is 1.08 bits per heavy atom. The maximum absolute atomic E-state index is 12.8. The normalized spacial score (nSPS) is 10.7. The topological polar surface area (TPSA) is 102 Å². The van der Waals surface area contributed by atoms with Crippen LogP contribution in [0.3, 0.4) is 0 Å². The zero-order valence-electron chi connectivity index (χ0n) is 12.6. The minimum Gasteiger partial charge on any atom is -0.478 e. The summed E-state index contributed by atoms with van der Waals surface area (Å²) in [5, 5.41) is 20.8. The largest absolute Gasteiger partial charge is 0.478 e. The van der Waals surface area contributed by atoms with Crippen LogP contribution in [0.1, 0.15) is 26.3 Å². The lowest BCUT2D eigenvalue weighted by Gasteiger charge is -2.07. The first kappa shape index (κ1) is 15.4. The quantitative estimate of drug-likeness (QED) is 0.588. The molecular weight excluding hydrogens is 312 g/mol. The van der Waals surface area contributed by atoms with E-state index in [1.54, 1.807) is 24.3 Å². The van der Waals surface area contributed by atoms with E-state index in [0.717, 1.165) is 0 Å². The zero-order valence-corrected chi connectivity index (χ0v) is 12.6. The number of nitrogens with zero attached hydrogens (tertiary/aromatic N) is 2. The minimum absolute atomic E-state index is 0.00188. The Balaban J connectivity index is 2.22. The molecule has 2 aromatic carbocycles. The predicted octanol–water partition coefficient (Wildman–Crippen LogP) is 3.24. The molecule has 24 heavy (non-hydrogen) atoms. The van der Waals surface area contributed by atoms with Crippen molar-refractivity contribution in [2.75, 3.05) is 0 Å². The third-order valence-corrected chi connectivity index (χ3v) is 3.89. The maximum Gasteiger partial charge on any atom is 0.337 e. The van der Waals surface area contributed by atoms with Gasteiger partial charge in [-0.25, -0.2) is 4.79 Å². The van der Waals surface area contributed by atoms with Crippen molar-refractivity contribution in [2.45, 2.75) is 6.92 Å². The number of para-hydroxylation sites is 1. The molecule has 0 spiro atoms. The number of hydrogen-bond acceptors (Lipinski definition) is 4. The molecule has 7 heteroatoms. The molecule has 0 saturated carbocycles. The Bertz CT molecular complexity index is 1000. The van der Waals surface area contributed by atoms with Gasteiger partial charge in [0.05, 0.1) is 21.6 Å². The molecule has 0 saturated heterocycles. The third-order valence-electron chi connectivity index (χ3n) is 3.89. The Hall–Kier alpha value is -3.48. The summed E-state index contributed by atoms with van der Waals surface area (Å²) < 4.78 is 1.21. The Labute approximate surface area is 135 Å². The fraction of sp³-hybridized carbons (Fsp3) is 0.0588. The van der Waals surface area contributed by atoms with Gasteiger partial charge in [-0.1, -0.05) is 24.3 Å². The highest BCUT2D eigenvalue weighted by atomic mass is 16.6. The lowest BCUT2D eigenvalue weighted by atomic mass is 10.1. The molecule has 0 unspecified atom stereocenters. The lowest BCUT2D eigenvalue weighted by molar-refractivity contribution is -0.385. The summed E-state index contributed by atoms with van der Waals surface area (Å²) in [7, 11) is 0. The summed E-state index contributed by atoms with van der Waals surface area (Å²) in [6.45, 7) is 1.50. The highest BCUT2D eigenvalue weighted by Gasteiger charge is 2.22. The first-order valence-corrected chi connectivity index (χ1v) is 7.04. The van der Waals surface area contributed by atoms with E-state index < -0.39 is 16.8 Å². The molecule has 1 N–H and O–H groups in total. The summed E-state index contributed by atoms with van der Waals surface area (Å²) in [6.07, 6.45) is 1.24. The number of carboxylic acid groups (broad SMARTS) is 1. The van der Waals surface area contributed by atoms with E-state index in [0.29, 0.717) is 10.9 Å². The molecule has 0 aliphatic rings. The zero-order chi connectivity index (χ0) is 17.4. The van der Waals surface area contributed by atoms with Crippen molar-refractivity contribution in [1.82, 2.24) is 4.57 Å². The van der Waals surface area contributed by atoms with Crippen LogP contribution in [0.2, 0.25) is 0 Å². The Kier molecular flexibility index (Phi) is 3.61. The van der Waals surface area contributed by atoms with Crippen LogP contribution in [0.5, 0.6) is 0 Å². The third kappa shape index (κ3) is 2.32. The van der Waals surface area contributed by atoms with Gasteiger partial charge in [0.25, 0.3) is 11.6 Å². The molecule has 0 fully saturated rings. The van der Waals surface area contributed by atoms with Crippen molar-refractivity contribution in [3.05, 3.63) is 75.5 Å². The number of hydrogen-bond donors (Lipinski definition) is 1. The second-order valence-electron chi connectivity index (χ2n) is 5.25. The van der Waals surface area contributed by atoms with Gasteiger partial charge in [0.1, 0.15) is 0 Å². The van der Waals surface area contributed by atoms with E-state index in [-0.39, 0.29) is 22.4 Å². The molecule has 3 aromatic rings. The monoisotopic (exact) mass is 324 g/mol. The van der Waals surface area contributed by atoms with Crippen LogP contribution in [0.4, 0.5) is 5.69 Å². The Morgan fingerprint density at radius 2 is 1.79 bits per heavy atom. The van der Waals surface area contributed by atoms with E-state index in [1.807, 2.05) is 0 Å². The molecule has 120 valence electrons. The number of nitro groups is 1. The number of fused-ring (bicyclic) bond motifs is 1. The number of nitro benzene ring substituents is 1. The van der Waals surface area contributed by atoms with Gasteiger partial charge in [0, 0.05) is 23.2 Å². The van der Waals surface area contributed by atoms with Crippen LogP contribution < -0.4 is 0 Å². The van der Waals surface area contributed by atoms with Gasteiger partial charge in [-0.15, -0.1) is 0 Å². The second kappa shape index (κ2) is 5.62. The van der Waals surface area contributed by atoms with Crippen LogP contribution in [0, 0.1) is 17.0 Å². The highest BCUT2D eigenvalue weighted by molar-refractivity contribution is 6.10. The molecule has 0 atom stereocenters. The maximum atomic E-state index is 12.8. The van der Waals surface area contributed by atoms with E-state index >= 15 is 0 Å². The lowest BCUT2D eigenvalue weighted by Crippen LogP contribution is -2.13. The Morgan fingerprint density at radius 3 is 2.46 bits per heavy atom. The van der Waals surface area contributed by atoms with E-state index in [1.165, 1.54) is 35.9 Å². The van der Waals surface area contributed by atoms with Crippen molar-refractivity contribution in [3.63, 3.8) is 0 Å². The molecule has 0 amide bonds. The smallest absolute Gasteiger partial charge is 0.337 e. The summed E-state index contributed by atoms with van der Waals surface area (Å²) >= 11 is 0. The van der Waals surface area contributed by atoms with E-state index in [9.17, 15) is 24.8 Å². The summed E-state index contributed by atoms with van der Waals surface area (Å²) in [4.78, 5) is 34.7. The van der Waals surface area contributed by atoms with Crippen molar-refractivity contribution in [3.8, 4) is 0 Å². The number of rotatable bonds is 3.